The van der Waals surface area contributed by atoms with Crippen LogP contribution in [0.2, 0.25) is 0 Å². The number of allylic oxidation sites excluding steroid dienone is 6. The number of ether oxygens (including phenoxy) is 4. The molecule has 0 unspecified atom stereocenters. The van der Waals surface area contributed by atoms with Crippen LogP contribution in [0, 0.1) is 35.5 Å². The molecule has 1 saturated carbocycles. The molecule has 0 aromatic heterocycles. The van der Waals surface area contributed by atoms with E-state index in [2.05, 4.69) is 6.92 Å². The molecule has 63 heavy (non-hydrogen) atoms. The molecule has 0 radical (unpaired) electrons. The van der Waals surface area contributed by atoms with Gasteiger partial charge in [-0.05, 0) is 114 Å². The number of fused-ring (bicyclic) bond motifs is 3. The summed E-state index contributed by atoms with van der Waals surface area (Å²) in [5, 5.41) is 33.7. The minimum Gasteiger partial charge on any atom is -0.460 e. The summed E-state index contributed by atoms with van der Waals surface area (Å²) >= 11 is 0. The predicted octanol–water partition coefficient (Wildman–Crippen LogP) is 6.56. The summed E-state index contributed by atoms with van der Waals surface area (Å²) in [5.74, 6) is -7.53. The second-order valence-corrected chi connectivity index (χ2v) is 19.3. The highest BCUT2D eigenvalue weighted by molar-refractivity contribution is 6.39. The van der Waals surface area contributed by atoms with Crippen LogP contribution in [-0.2, 0) is 42.9 Å². The van der Waals surface area contributed by atoms with Crippen LogP contribution in [0.25, 0.3) is 0 Å². The summed E-state index contributed by atoms with van der Waals surface area (Å²) in [6, 6.07) is -1.12. The van der Waals surface area contributed by atoms with E-state index >= 15 is 0 Å². The van der Waals surface area contributed by atoms with Gasteiger partial charge in [0.25, 0.3) is 11.7 Å². The van der Waals surface area contributed by atoms with Crippen LogP contribution >= 0.6 is 0 Å². The van der Waals surface area contributed by atoms with Crippen molar-refractivity contribution < 1.29 is 58.2 Å². The van der Waals surface area contributed by atoms with Crippen molar-refractivity contribution in [1.82, 2.24) is 4.90 Å². The molecule has 0 spiro atoms. The van der Waals surface area contributed by atoms with Crippen LogP contribution in [0.15, 0.2) is 47.6 Å². The van der Waals surface area contributed by atoms with Crippen molar-refractivity contribution in [1.29, 1.82) is 0 Å². The number of hydrogen-bond acceptors (Lipinski definition) is 12. The second-order valence-electron chi connectivity index (χ2n) is 19.3. The molecule has 0 aromatic rings. The number of rotatable bonds is 5. The molecule has 3 aliphatic heterocycles. The van der Waals surface area contributed by atoms with E-state index in [1.165, 1.54) is 12.0 Å². The normalized spacial score (nSPS) is 40.1. The Morgan fingerprint density at radius 1 is 0.905 bits per heavy atom. The van der Waals surface area contributed by atoms with Crippen LogP contribution in [0.1, 0.15) is 132 Å². The van der Waals surface area contributed by atoms with Gasteiger partial charge in [0.05, 0.1) is 18.3 Å². The third-order valence-electron chi connectivity index (χ3n) is 14.1. The quantitative estimate of drug-likeness (QED) is 0.154. The maximum Gasteiger partial charge on any atom is 0.329 e. The molecule has 0 aromatic carbocycles. The zero-order valence-corrected chi connectivity index (χ0v) is 39.3. The van der Waals surface area contributed by atoms with Crippen LogP contribution in [0.3, 0.4) is 0 Å². The molecular weight excluding hydrogens is 807 g/mol. The first kappa shape index (κ1) is 52.3. The summed E-state index contributed by atoms with van der Waals surface area (Å²) in [4.78, 5) is 71.4. The maximum absolute atomic E-state index is 14.3. The van der Waals surface area contributed by atoms with Crippen molar-refractivity contribution in [3.8, 4) is 0 Å². The van der Waals surface area contributed by atoms with Crippen molar-refractivity contribution in [2.24, 2.45) is 35.5 Å². The molecular formula is C50H77NO12. The number of cyclic esters (lactones) is 1. The van der Waals surface area contributed by atoms with Gasteiger partial charge in [-0.3, -0.25) is 19.2 Å². The minimum atomic E-state index is -2.37. The zero-order valence-electron chi connectivity index (χ0n) is 39.3. The molecule has 3 heterocycles. The first-order valence-electron chi connectivity index (χ1n) is 23.4. The van der Waals surface area contributed by atoms with Gasteiger partial charge in [-0.25, -0.2) is 4.79 Å². The van der Waals surface area contributed by atoms with Gasteiger partial charge in [-0.1, -0.05) is 76.6 Å². The lowest BCUT2D eigenvalue weighted by atomic mass is 9.78. The number of amides is 1. The van der Waals surface area contributed by atoms with Gasteiger partial charge in [0.15, 0.2) is 5.78 Å². The highest BCUT2D eigenvalue weighted by Crippen LogP contribution is 2.37. The van der Waals surface area contributed by atoms with Crippen LogP contribution in [0.5, 0.6) is 0 Å². The highest BCUT2D eigenvalue weighted by atomic mass is 16.6. The van der Waals surface area contributed by atoms with Gasteiger partial charge in [0.1, 0.15) is 30.1 Å². The summed E-state index contributed by atoms with van der Waals surface area (Å²) in [6.45, 7) is 12.9. The zero-order chi connectivity index (χ0) is 46.6. The number of hydrogen-bond donors (Lipinski definition) is 3. The number of carbonyl (C=O) groups excluding carboxylic acids is 5. The maximum atomic E-state index is 14.3. The predicted molar refractivity (Wildman–Crippen MR) is 239 cm³/mol. The lowest BCUT2D eigenvalue weighted by Gasteiger charge is -2.42. The van der Waals surface area contributed by atoms with Gasteiger partial charge in [0.2, 0.25) is 5.79 Å². The molecule has 3 N–H and O–H groups in total. The number of esters is 1. The summed E-state index contributed by atoms with van der Waals surface area (Å²) in [7, 11) is 2.96. The molecule has 3 fully saturated rings. The SMILES string of the molecule is CO[C@@H]1C[C@H](C[C@@H](C)[C@@H]2CC(=O)[C@H](C)/C=C(\C)[C@@H](O)[C@@H](OC)C(=O)[C@H](C)C[C@H](C)C\C=C/C=C/C(C)=C/C[C@@H]3CC[C@@H](C)[C@@](O)(O3)C(=O)C(=O)N3CCCC[C@H]3C(=O)O2)CC[C@H]1O. The van der Waals surface area contributed by atoms with E-state index in [9.17, 15) is 39.3 Å². The van der Waals surface area contributed by atoms with E-state index < -0.39 is 77.8 Å². The summed E-state index contributed by atoms with van der Waals surface area (Å²) in [6.07, 6.45) is 13.1. The molecule has 1 aliphatic carbocycles. The molecule has 14 atom stereocenters. The molecule has 1 amide bonds. The van der Waals surface area contributed by atoms with E-state index in [-0.39, 0.29) is 54.8 Å². The number of ketones is 3. The fraction of sp³-hybridized carbons (Fsp3) is 0.740. The number of carbonyl (C=O) groups is 5. The largest absolute Gasteiger partial charge is 0.460 e. The highest BCUT2D eigenvalue weighted by Gasteiger charge is 2.52. The smallest absolute Gasteiger partial charge is 0.329 e. The number of nitrogens with zero attached hydrogens (tertiary/aromatic N) is 1. The summed E-state index contributed by atoms with van der Waals surface area (Å²) in [5.41, 5.74) is 1.35. The van der Waals surface area contributed by atoms with Gasteiger partial charge in [0, 0.05) is 44.9 Å². The standard InChI is InChI=1S/C50H77NO12/c1-30-15-11-10-12-16-31(2)25-34(5)44(54)46(61-9)45(55)35(6)26-32(3)41(53)29-42(33(4)27-37-20-23-40(52)43(28-37)60-8)62-49(58)39-17-13-14-24-51(39)48(57)47(56)50(59)36(7)19-22-38(63-50)21-18-30/h10-12,15,18,26,31-34,36-40,42-43,45-46,52,55,59H,13-14,16-17,19-25,27-29H2,1-9H3/b12-10-,15-11+,30-18+,35-26+/t31-,32-,33-,34-,36-,37+,38-,39+,40-,42+,43-,45-,46+,50-/m1/s1. The van der Waals surface area contributed by atoms with Crippen molar-refractivity contribution in [2.75, 3.05) is 20.8 Å². The van der Waals surface area contributed by atoms with E-state index in [1.807, 2.05) is 51.2 Å². The first-order valence-corrected chi connectivity index (χ1v) is 23.4. The van der Waals surface area contributed by atoms with Crippen LogP contribution in [0.4, 0.5) is 0 Å². The number of Topliss-reactive ketones (excluding diaryl/α,β-unsaturated/α-hetero) is 3. The van der Waals surface area contributed by atoms with E-state index in [4.69, 9.17) is 18.9 Å². The number of aliphatic hydroxyl groups is 3. The number of methoxy groups -OCH3 is 2. The fourth-order valence-corrected chi connectivity index (χ4v) is 9.82. The molecule has 2 bridgehead atoms. The van der Waals surface area contributed by atoms with Gasteiger partial charge >= 0.3 is 5.97 Å². The fourth-order valence-electron chi connectivity index (χ4n) is 9.82. The monoisotopic (exact) mass is 884 g/mol. The first-order chi connectivity index (χ1) is 29.8. The molecule has 2 saturated heterocycles. The van der Waals surface area contributed by atoms with E-state index in [1.54, 1.807) is 34.0 Å². The number of aliphatic hydroxyl groups excluding tert-OH is 2. The lowest BCUT2D eigenvalue weighted by Crippen LogP contribution is -2.60. The minimum absolute atomic E-state index is 0.106. The van der Waals surface area contributed by atoms with E-state index in [0.717, 1.165) is 18.4 Å². The second kappa shape index (κ2) is 24.3. The Labute approximate surface area is 375 Å². The summed E-state index contributed by atoms with van der Waals surface area (Å²) < 4.78 is 23.4. The van der Waals surface area contributed by atoms with Crippen LogP contribution in [-0.4, -0.2) is 119 Å². The average Bonchev–Trinajstić information content (AvgIpc) is 3.26. The van der Waals surface area contributed by atoms with Crippen LogP contribution < -0.4 is 0 Å². The Balaban J connectivity index is 1.67. The van der Waals surface area contributed by atoms with Crippen molar-refractivity contribution in [2.45, 2.75) is 180 Å². The third kappa shape index (κ3) is 14.1. The average molecular weight is 884 g/mol. The Hall–Kier alpha value is -3.33. The van der Waals surface area contributed by atoms with Crippen molar-refractivity contribution in [3.05, 3.63) is 47.6 Å². The molecule has 13 heteroatoms. The molecule has 4 rings (SSSR count). The van der Waals surface area contributed by atoms with Gasteiger partial charge < -0.3 is 39.2 Å². The van der Waals surface area contributed by atoms with E-state index in [0.29, 0.717) is 63.4 Å². The van der Waals surface area contributed by atoms with Crippen molar-refractivity contribution >= 4 is 29.2 Å². The van der Waals surface area contributed by atoms with Gasteiger partial charge in [-0.15, -0.1) is 0 Å². The number of piperidine rings is 1. The Bertz CT molecular complexity index is 1700. The third-order valence-corrected chi connectivity index (χ3v) is 14.1. The lowest BCUT2D eigenvalue weighted by molar-refractivity contribution is -0.262. The Kier molecular flexibility index (Phi) is 20.1. The Morgan fingerprint density at radius 2 is 1.63 bits per heavy atom. The topological polar surface area (TPSA) is 186 Å². The van der Waals surface area contributed by atoms with Crippen molar-refractivity contribution in [3.63, 3.8) is 0 Å². The van der Waals surface area contributed by atoms with Gasteiger partial charge in [-0.2, -0.15) is 0 Å². The molecule has 13 nitrogen and oxygen atoms in total. The molecule has 354 valence electrons. The molecule has 4 aliphatic rings. The Morgan fingerprint density at radius 3 is 2.33 bits per heavy atom.